The molecule has 0 atom stereocenters. The summed E-state index contributed by atoms with van der Waals surface area (Å²) in [6.07, 6.45) is 4.59. The fraction of sp³-hybridized carbons (Fsp3) is 0.667. The van der Waals surface area contributed by atoms with Gasteiger partial charge in [-0.1, -0.05) is 13.8 Å². The molecule has 1 aliphatic heterocycles. The zero-order chi connectivity index (χ0) is 15.4. The molecule has 0 aliphatic carbocycles. The molecule has 1 fully saturated rings. The summed E-state index contributed by atoms with van der Waals surface area (Å²) in [5.74, 6) is 1.84. The topological polar surface area (TPSA) is 61.4 Å². The van der Waals surface area contributed by atoms with Gasteiger partial charge in [-0.05, 0) is 18.8 Å². The van der Waals surface area contributed by atoms with E-state index in [1.54, 1.807) is 6.20 Å². The fourth-order valence-corrected chi connectivity index (χ4v) is 2.43. The Morgan fingerprint density at radius 1 is 1.38 bits per heavy atom. The van der Waals surface area contributed by atoms with E-state index in [0.29, 0.717) is 18.0 Å². The van der Waals surface area contributed by atoms with Crippen LogP contribution in [0.4, 0.5) is 17.5 Å². The van der Waals surface area contributed by atoms with E-state index in [0.717, 1.165) is 24.9 Å². The van der Waals surface area contributed by atoms with Crippen LogP contribution in [0.2, 0.25) is 0 Å². The van der Waals surface area contributed by atoms with Crippen molar-refractivity contribution in [2.75, 3.05) is 42.3 Å². The Balaban J connectivity index is 2.18. The molecule has 6 nitrogen and oxygen atoms in total. The Labute approximate surface area is 126 Å². The summed E-state index contributed by atoms with van der Waals surface area (Å²) in [4.78, 5) is 25.1. The number of amides is 1. The van der Waals surface area contributed by atoms with Gasteiger partial charge in [-0.3, -0.25) is 4.79 Å². The van der Waals surface area contributed by atoms with Gasteiger partial charge in [0.15, 0.2) is 5.82 Å². The lowest BCUT2D eigenvalue weighted by Crippen LogP contribution is -2.24. The number of carbonyl (C=O) groups is 1. The van der Waals surface area contributed by atoms with Crippen LogP contribution < -0.4 is 15.1 Å². The van der Waals surface area contributed by atoms with Crippen LogP contribution >= 0.6 is 0 Å². The van der Waals surface area contributed by atoms with E-state index in [9.17, 15) is 4.79 Å². The fourth-order valence-electron chi connectivity index (χ4n) is 2.43. The summed E-state index contributed by atoms with van der Waals surface area (Å²) in [6, 6.07) is 0. The number of hydrogen-bond donors (Lipinski definition) is 1. The van der Waals surface area contributed by atoms with Gasteiger partial charge in [-0.25, -0.2) is 4.98 Å². The maximum atomic E-state index is 11.9. The van der Waals surface area contributed by atoms with Crippen molar-refractivity contribution < 1.29 is 4.79 Å². The molecular formula is C15H25N5O. The number of rotatable bonds is 5. The third kappa shape index (κ3) is 4.06. The third-order valence-corrected chi connectivity index (χ3v) is 3.44. The number of aromatic nitrogens is 2. The van der Waals surface area contributed by atoms with Crippen molar-refractivity contribution in [2.45, 2.75) is 33.1 Å². The van der Waals surface area contributed by atoms with Gasteiger partial charge in [0.1, 0.15) is 5.69 Å². The first kappa shape index (κ1) is 15.5. The van der Waals surface area contributed by atoms with Crippen molar-refractivity contribution >= 4 is 23.4 Å². The van der Waals surface area contributed by atoms with Gasteiger partial charge in [-0.15, -0.1) is 0 Å². The number of anilines is 3. The molecule has 0 aromatic carbocycles. The molecule has 1 N–H and O–H groups in total. The Hall–Kier alpha value is -1.85. The van der Waals surface area contributed by atoms with E-state index in [-0.39, 0.29) is 5.91 Å². The molecule has 2 rings (SSSR count). The normalized spacial score (nSPS) is 14.6. The third-order valence-electron chi connectivity index (χ3n) is 3.44. The lowest BCUT2D eigenvalue weighted by molar-refractivity contribution is -0.116. The summed E-state index contributed by atoms with van der Waals surface area (Å²) in [5, 5.41) is 2.92. The van der Waals surface area contributed by atoms with E-state index in [2.05, 4.69) is 20.2 Å². The SMILES string of the molecule is CC(C)CC(=O)Nc1cnc(N2CCCC2)nc1N(C)C. The molecule has 1 aromatic heterocycles. The van der Waals surface area contributed by atoms with E-state index >= 15 is 0 Å². The molecule has 1 saturated heterocycles. The standard InChI is InChI=1S/C15H25N5O/c1-11(2)9-13(21)17-12-10-16-15(18-14(12)19(3)4)20-7-5-6-8-20/h10-11H,5-9H2,1-4H3,(H,17,21). The second-order valence-corrected chi connectivity index (χ2v) is 6.14. The molecule has 2 heterocycles. The molecule has 1 amide bonds. The molecule has 0 spiro atoms. The van der Waals surface area contributed by atoms with Gasteiger partial charge in [-0.2, -0.15) is 4.98 Å². The number of nitrogens with one attached hydrogen (secondary N) is 1. The molecule has 21 heavy (non-hydrogen) atoms. The van der Waals surface area contributed by atoms with Crippen molar-refractivity contribution in [3.8, 4) is 0 Å². The minimum Gasteiger partial charge on any atom is -0.361 e. The highest BCUT2D eigenvalue weighted by atomic mass is 16.1. The minimum atomic E-state index is 0.00521. The molecule has 6 heteroatoms. The van der Waals surface area contributed by atoms with E-state index in [1.807, 2.05) is 32.8 Å². The van der Waals surface area contributed by atoms with Crippen molar-refractivity contribution in [3.05, 3.63) is 6.20 Å². The van der Waals surface area contributed by atoms with Gasteiger partial charge >= 0.3 is 0 Å². The summed E-state index contributed by atoms with van der Waals surface area (Å²) in [6.45, 7) is 6.07. The summed E-state index contributed by atoms with van der Waals surface area (Å²) < 4.78 is 0. The van der Waals surface area contributed by atoms with Crippen LogP contribution in [0.15, 0.2) is 6.20 Å². The highest BCUT2D eigenvalue weighted by Crippen LogP contribution is 2.25. The van der Waals surface area contributed by atoms with Gasteiger partial charge in [0.25, 0.3) is 0 Å². The molecule has 0 saturated carbocycles. The van der Waals surface area contributed by atoms with Gasteiger partial charge in [0.05, 0.1) is 6.20 Å². The molecule has 0 bridgehead atoms. The first-order chi connectivity index (χ1) is 9.97. The second kappa shape index (κ2) is 6.74. The number of hydrogen-bond acceptors (Lipinski definition) is 5. The summed E-state index contributed by atoms with van der Waals surface area (Å²) >= 11 is 0. The van der Waals surface area contributed by atoms with Crippen LogP contribution in [0.5, 0.6) is 0 Å². The Bertz CT molecular complexity index is 495. The molecule has 0 radical (unpaired) electrons. The van der Waals surface area contributed by atoms with Crippen LogP contribution in [-0.2, 0) is 4.79 Å². The van der Waals surface area contributed by atoms with Gasteiger partial charge in [0, 0.05) is 33.6 Å². The molecule has 1 aliphatic rings. The predicted octanol–water partition coefficient (Wildman–Crippen LogP) is 2.13. The van der Waals surface area contributed by atoms with Crippen molar-refractivity contribution in [2.24, 2.45) is 5.92 Å². The van der Waals surface area contributed by atoms with Crippen LogP contribution in [0.1, 0.15) is 33.1 Å². The highest BCUT2D eigenvalue weighted by Gasteiger charge is 2.18. The second-order valence-electron chi connectivity index (χ2n) is 6.14. The monoisotopic (exact) mass is 291 g/mol. The van der Waals surface area contributed by atoms with Crippen LogP contribution in [0, 0.1) is 5.92 Å². The zero-order valence-corrected chi connectivity index (χ0v) is 13.4. The average Bonchev–Trinajstić information content (AvgIpc) is 2.91. The first-order valence-electron chi connectivity index (χ1n) is 7.56. The summed E-state index contributed by atoms with van der Waals surface area (Å²) in [7, 11) is 3.85. The van der Waals surface area contributed by atoms with Crippen molar-refractivity contribution in [1.29, 1.82) is 0 Å². The van der Waals surface area contributed by atoms with Gasteiger partial charge < -0.3 is 15.1 Å². The maximum absolute atomic E-state index is 11.9. The van der Waals surface area contributed by atoms with Crippen LogP contribution in [0.3, 0.4) is 0 Å². The molecular weight excluding hydrogens is 266 g/mol. The first-order valence-corrected chi connectivity index (χ1v) is 7.56. The molecule has 116 valence electrons. The number of carbonyl (C=O) groups excluding carboxylic acids is 1. The quantitative estimate of drug-likeness (QED) is 0.900. The van der Waals surface area contributed by atoms with E-state index in [4.69, 9.17) is 0 Å². The van der Waals surface area contributed by atoms with Crippen molar-refractivity contribution in [1.82, 2.24) is 9.97 Å². The Morgan fingerprint density at radius 2 is 2.05 bits per heavy atom. The van der Waals surface area contributed by atoms with Crippen LogP contribution in [-0.4, -0.2) is 43.1 Å². The lowest BCUT2D eigenvalue weighted by Gasteiger charge is -2.21. The predicted molar refractivity (Wildman–Crippen MR) is 85.9 cm³/mol. The molecule has 0 unspecified atom stereocenters. The molecule has 1 aromatic rings. The smallest absolute Gasteiger partial charge is 0.227 e. The zero-order valence-electron chi connectivity index (χ0n) is 13.4. The van der Waals surface area contributed by atoms with Crippen molar-refractivity contribution in [3.63, 3.8) is 0 Å². The van der Waals surface area contributed by atoms with E-state index in [1.165, 1.54) is 12.8 Å². The van der Waals surface area contributed by atoms with Gasteiger partial charge in [0.2, 0.25) is 11.9 Å². The Kier molecular flexibility index (Phi) is 4.98. The lowest BCUT2D eigenvalue weighted by atomic mass is 10.1. The number of nitrogens with zero attached hydrogens (tertiary/aromatic N) is 4. The minimum absolute atomic E-state index is 0.00521. The summed E-state index contributed by atoms with van der Waals surface area (Å²) in [5.41, 5.74) is 0.675. The average molecular weight is 291 g/mol. The Morgan fingerprint density at radius 3 is 2.62 bits per heavy atom. The maximum Gasteiger partial charge on any atom is 0.227 e. The highest BCUT2D eigenvalue weighted by molar-refractivity contribution is 5.93. The van der Waals surface area contributed by atoms with E-state index < -0.39 is 0 Å². The van der Waals surface area contributed by atoms with Crippen LogP contribution in [0.25, 0.3) is 0 Å². The largest absolute Gasteiger partial charge is 0.361 e.